The highest BCUT2D eigenvalue weighted by Gasteiger charge is 2.22. The van der Waals surface area contributed by atoms with Gasteiger partial charge in [-0.15, -0.1) is 0 Å². The molecule has 19 heavy (non-hydrogen) atoms. The number of carbonyl (C=O) groups excluding carboxylic acids is 1. The third-order valence-corrected chi connectivity index (χ3v) is 3.30. The minimum Gasteiger partial charge on any atom is -0.410 e. The van der Waals surface area contributed by atoms with Gasteiger partial charge in [-0.05, 0) is 30.5 Å². The molecule has 0 spiro atoms. The summed E-state index contributed by atoms with van der Waals surface area (Å²) in [6, 6.07) is 9.16. The molecule has 0 bridgehead atoms. The molecule has 0 fully saturated rings. The van der Waals surface area contributed by atoms with Crippen molar-refractivity contribution in [2.24, 2.45) is 0 Å². The largest absolute Gasteiger partial charge is 0.412 e. The molecule has 2 aromatic rings. The third-order valence-electron chi connectivity index (χ3n) is 3.30. The van der Waals surface area contributed by atoms with Crippen LogP contribution in [0.4, 0.5) is 4.79 Å². The second-order valence-electron chi connectivity index (χ2n) is 4.66. The molecule has 1 aromatic carbocycles. The van der Waals surface area contributed by atoms with Crippen molar-refractivity contribution >= 4 is 6.09 Å². The number of amides is 1. The fourth-order valence-corrected chi connectivity index (χ4v) is 2.32. The maximum Gasteiger partial charge on any atom is 0.412 e. The summed E-state index contributed by atoms with van der Waals surface area (Å²) < 4.78 is 5.21. The van der Waals surface area contributed by atoms with Gasteiger partial charge >= 0.3 is 6.09 Å². The van der Waals surface area contributed by atoms with Gasteiger partial charge < -0.3 is 10.1 Å². The van der Waals surface area contributed by atoms with Crippen molar-refractivity contribution in [2.75, 3.05) is 0 Å². The quantitative estimate of drug-likeness (QED) is 0.865. The first-order valence-corrected chi connectivity index (χ1v) is 6.36. The van der Waals surface area contributed by atoms with Gasteiger partial charge in [0, 0.05) is 18.2 Å². The van der Waals surface area contributed by atoms with Crippen molar-refractivity contribution in [2.45, 2.75) is 25.3 Å². The molecule has 1 atom stereocenters. The highest BCUT2D eigenvalue weighted by molar-refractivity contribution is 5.70. The van der Waals surface area contributed by atoms with E-state index in [0.717, 1.165) is 25.0 Å². The fraction of sp³-hybridized carbons (Fsp3) is 0.286. The van der Waals surface area contributed by atoms with Gasteiger partial charge in [-0.25, -0.2) is 4.79 Å². The predicted molar refractivity (Wildman–Crippen MR) is 70.0 cm³/mol. The van der Waals surface area contributed by atoms with Crippen molar-refractivity contribution < 1.29 is 9.53 Å². The van der Waals surface area contributed by atoms with E-state index in [1.54, 1.807) is 12.1 Å². The number of nitrogens with zero attached hydrogens (tertiary/aromatic N) is 1. The molecule has 2 N–H and O–H groups in total. The third kappa shape index (κ3) is 2.76. The van der Waals surface area contributed by atoms with E-state index < -0.39 is 6.09 Å². The van der Waals surface area contributed by atoms with E-state index in [9.17, 15) is 4.79 Å². The molecule has 98 valence electrons. The van der Waals surface area contributed by atoms with Crippen molar-refractivity contribution in [3.8, 4) is 5.75 Å². The number of rotatable bonds is 2. The van der Waals surface area contributed by atoms with E-state index in [4.69, 9.17) is 4.74 Å². The van der Waals surface area contributed by atoms with E-state index in [1.807, 2.05) is 24.4 Å². The summed E-state index contributed by atoms with van der Waals surface area (Å²) in [4.78, 5) is 11.8. The number of aromatic nitrogens is 2. The van der Waals surface area contributed by atoms with Crippen molar-refractivity contribution in [3.05, 3.63) is 47.8 Å². The van der Waals surface area contributed by atoms with Gasteiger partial charge in [-0.1, -0.05) is 18.2 Å². The zero-order valence-corrected chi connectivity index (χ0v) is 10.4. The van der Waals surface area contributed by atoms with E-state index in [0.29, 0.717) is 5.75 Å². The Bertz CT molecular complexity index is 565. The Morgan fingerprint density at radius 2 is 2.21 bits per heavy atom. The standard InChI is InChI=1S/C14H15N3O2/c18-14(19-12-4-2-1-3-5-12)16-11-7-6-10-9-15-17-13(10)8-11/h1-5,9,11H,6-8H2,(H,15,17)(H,16,18). The monoisotopic (exact) mass is 257 g/mol. The second kappa shape index (κ2) is 5.14. The van der Waals surface area contributed by atoms with Gasteiger partial charge in [0.25, 0.3) is 0 Å². The molecule has 1 amide bonds. The van der Waals surface area contributed by atoms with Crippen molar-refractivity contribution in [3.63, 3.8) is 0 Å². The fourth-order valence-electron chi connectivity index (χ4n) is 2.32. The van der Waals surface area contributed by atoms with Gasteiger partial charge in [0.1, 0.15) is 5.75 Å². The predicted octanol–water partition coefficient (Wildman–Crippen LogP) is 2.06. The first kappa shape index (κ1) is 11.8. The van der Waals surface area contributed by atoms with Gasteiger partial charge in [-0.2, -0.15) is 5.10 Å². The number of para-hydroxylation sites is 1. The number of carbonyl (C=O) groups is 1. The Morgan fingerprint density at radius 3 is 3.05 bits per heavy atom. The normalized spacial score (nSPS) is 17.6. The Balaban J connectivity index is 1.56. The first-order valence-electron chi connectivity index (χ1n) is 6.36. The van der Waals surface area contributed by atoms with Gasteiger partial charge in [0.15, 0.2) is 0 Å². The molecule has 3 rings (SSSR count). The Hall–Kier alpha value is -2.30. The zero-order valence-electron chi connectivity index (χ0n) is 10.4. The summed E-state index contributed by atoms with van der Waals surface area (Å²) in [6.07, 6.45) is 4.07. The van der Waals surface area contributed by atoms with Crippen LogP contribution in [0, 0.1) is 0 Å². The lowest BCUT2D eigenvalue weighted by Crippen LogP contribution is -2.40. The summed E-state index contributed by atoms with van der Waals surface area (Å²) in [5.41, 5.74) is 2.35. The minimum absolute atomic E-state index is 0.101. The number of aromatic amines is 1. The highest BCUT2D eigenvalue weighted by Crippen LogP contribution is 2.19. The Morgan fingerprint density at radius 1 is 1.37 bits per heavy atom. The molecule has 5 nitrogen and oxygen atoms in total. The van der Waals surface area contributed by atoms with Crippen molar-refractivity contribution in [1.29, 1.82) is 0 Å². The summed E-state index contributed by atoms with van der Waals surface area (Å²) >= 11 is 0. The molecule has 1 aromatic heterocycles. The van der Waals surface area contributed by atoms with Gasteiger partial charge in [-0.3, -0.25) is 5.10 Å². The molecule has 0 saturated heterocycles. The van der Waals surface area contributed by atoms with Crippen LogP contribution >= 0.6 is 0 Å². The van der Waals surface area contributed by atoms with Crippen LogP contribution in [0.5, 0.6) is 5.75 Å². The van der Waals surface area contributed by atoms with Crippen LogP contribution in [0.15, 0.2) is 36.5 Å². The number of hydrogen-bond donors (Lipinski definition) is 2. The number of fused-ring (bicyclic) bond motifs is 1. The van der Waals surface area contributed by atoms with Crippen LogP contribution < -0.4 is 10.1 Å². The molecule has 0 saturated carbocycles. The minimum atomic E-state index is -0.404. The molecule has 5 heteroatoms. The SMILES string of the molecule is O=C(NC1CCc2cn[nH]c2C1)Oc1ccccc1. The number of aryl methyl sites for hydroxylation is 1. The number of hydrogen-bond acceptors (Lipinski definition) is 3. The van der Waals surface area contributed by atoms with Crippen LogP contribution in [-0.2, 0) is 12.8 Å². The topological polar surface area (TPSA) is 67.0 Å². The Kier molecular flexibility index (Phi) is 3.18. The first-order chi connectivity index (χ1) is 9.31. The molecule has 1 aliphatic rings. The molecule has 1 heterocycles. The maximum absolute atomic E-state index is 11.8. The highest BCUT2D eigenvalue weighted by atomic mass is 16.6. The number of H-pyrrole nitrogens is 1. The average Bonchev–Trinajstić information content (AvgIpc) is 2.87. The van der Waals surface area contributed by atoms with Crippen LogP contribution in [-0.4, -0.2) is 22.3 Å². The van der Waals surface area contributed by atoms with Crippen LogP contribution in [0.25, 0.3) is 0 Å². The van der Waals surface area contributed by atoms with E-state index in [2.05, 4.69) is 15.5 Å². The number of ether oxygens (including phenoxy) is 1. The zero-order chi connectivity index (χ0) is 13.1. The van der Waals surface area contributed by atoms with Crippen LogP contribution in [0.2, 0.25) is 0 Å². The lowest BCUT2D eigenvalue weighted by Gasteiger charge is -2.22. The van der Waals surface area contributed by atoms with E-state index >= 15 is 0 Å². The molecule has 0 aliphatic heterocycles. The smallest absolute Gasteiger partial charge is 0.410 e. The lowest BCUT2D eigenvalue weighted by molar-refractivity contribution is 0.194. The number of benzene rings is 1. The summed E-state index contributed by atoms with van der Waals surface area (Å²) in [6.45, 7) is 0. The summed E-state index contributed by atoms with van der Waals surface area (Å²) in [5.74, 6) is 0.554. The molecule has 1 unspecified atom stereocenters. The average molecular weight is 257 g/mol. The lowest BCUT2D eigenvalue weighted by atomic mass is 9.94. The summed E-state index contributed by atoms with van der Waals surface area (Å²) in [5, 5.41) is 9.87. The van der Waals surface area contributed by atoms with Crippen molar-refractivity contribution in [1.82, 2.24) is 15.5 Å². The molecular weight excluding hydrogens is 242 g/mol. The summed E-state index contributed by atoms with van der Waals surface area (Å²) in [7, 11) is 0. The van der Waals surface area contributed by atoms with Crippen LogP contribution in [0.3, 0.4) is 0 Å². The van der Waals surface area contributed by atoms with E-state index in [1.165, 1.54) is 5.56 Å². The second-order valence-corrected chi connectivity index (χ2v) is 4.66. The molecule has 1 aliphatic carbocycles. The van der Waals surface area contributed by atoms with Gasteiger partial charge in [0.2, 0.25) is 0 Å². The molecule has 0 radical (unpaired) electrons. The van der Waals surface area contributed by atoms with Gasteiger partial charge in [0.05, 0.1) is 6.20 Å². The van der Waals surface area contributed by atoms with E-state index in [-0.39, 0.29) is 6.04 Å². The molecular formula is C14H15N3O2. The Labute approximate surface area is 111 Å². The number of nitrogens with one attached hydrogen (secondary N) is 2. The maximum atomic E-state index is 11.8. The van der Waals surface area contributed by atoms with Crippen LogP contribution in [0.1, 0.15) is 17.7 Å².